The Morgan fingerprint density at radius 3 is 2.69 bits per heavy atom. The van der Waals surface area contributed by atoms with Crippen molar-refractivity contribution in [2.75, 3.05) is 19.5 Å². The number of fused-ring (bicyclic) bond motifs is 1. The Balaban J connectivity index is 2.71. The largest absolute Gasteiger partial charge is 0.479 e. The highest BCUT2D eigenvalue weighted by molar-refractivity contribution is 5.77. The number of rotatable bonds is 3. The molecule has 0 aliphatic rings. The number of imidazole rings is 1. The van der Waals surface area contributed by atoms with Crippen molar-refractivity contribution in [2.45, 2.75) is 19.9 Å². The lowest BCUT2D eigenvalue weighted by Crippen LogP contribution is -2.04. The highest BCUT2D eigenvalue weighted by Gasteiger charge is 2.14. The summed E-state index contributed by atoms with van der Waals surface area (Å²) >= 11 is 0. The molecule has 2 rings (SSSR count). The Hall–Kier alpha value is -1.85. The first-order valence-corrected chi connectivity index (χ1v) is 5.13. The Bertz CT molecular complexity index is 505. The monoisotopic (exact) mass is 221 g/mol. The minimum atomic E-state index is 0.300. The van der Waals surface area contributed by atoms with Crippen LogP contribution in [0.5, 0.6) is 5.88 Å². The van der Waals surface area contributed by atoms with Crippen molar-refractivity contribution >= 4 is 17.1 Å². The fraction of sp³-hybridized carbons (Fsp3) is 0.500. The molecular formula is C10H15N5O. The summed E-state index contributed by atoms with van der Waals surface area (Å²) in [5.74, 6) is 1.03. The first-order valence-electron chi connectivity index (χ1n) is 5.13. The van der Waals surface area contributed by atoms with E-state index < -0.39 is 0 Å². The van der Waals surface area contributed by atoms with E-state index >= 15 is 0 Å². The Kier molecular flexibility index (Phi) is 2.64. The van der Waals surface area contributed by atoms with Crippen LogP contribution in [-0.2, 0) is 0 Å². The molecule has 0 aromatic carbocycles. The molecule has 1 N–H and O–H groups in total. The minimum Gasteiger partial charge on any atom is -0.479 e. The molecule has 0 bridgehead atoms. The second-order valence-corrected chi connectivity index (χ2v) is 3.72. The number of hydrogen-bond acceptors (Lipinski definition) is 5. The smallest absolute Gasteiger partial charge is 0.246 e. The topological polar surface area (TPSA) is 64.9 Å². The number of anilines is 1. The van der Waals surface area contributed by atoms with E-state index in [1.165, 1.54) is 0 Å². The van der Waals surface area contributed by atoms with E-state index in [1.54, 1.807) is 20.5 Å². The molecule has 2 heterocycles. The summed E-state index contributed by atoms with van der Waals surface area (Å²) in [4.78, 5) is 12.8. The van der Waals surface area contributed by atoms with Gasteiger partial charge in [0.1, 0.15) is 0 Å². The molecule has 0 atom stereocenters. The Labute approximate surface area is 93.7 Å². The van der Waals surface area contributed by atoms with Gasteiger partial charge in [-0.3, -0.25) is 0 Å². The van der Waals surface area contributed by atoms with Gasteiger partial charge in [-0.15, -0.1) is 0 Å². The fourth-order valence-electron chi connectivity index (χ4n) is 1.52. The quantitative estimate of drug-likeness (QED) is 0.850. The number of hydrogen-bond donors (Lipinski definition) is 1. The average Bonchev–Trinajstić information content (AvgIpc) is 2.71. The van der Waals surface area contributed by atoms with Gasteiger partial charge in [0.25, 0.3) is 0 Å². The zero-order valence-electron chi connectivity index (χ0n) is 9.85. The van der Waals surface area contributed by atoms with Gasteiger partial charge in [0.2, 0.25) is 11.8 Å². The second-order valence-electron chi connectivity index (χ2n) is 3.72. The van der Waals surface area contributed by atoms with E-state index in [-0.39, 0.29) is 0 Å². The number of nitrogens with one attached hydrogen (secondary N) is 1. The molecule has 0 unspecified atom stereocenters. The number of ether oxygens (including phenoxy) is 1. The van der Waals surface area contributed by atoms with Crippen molar-refractivity contribution in [3.8, 4) is 5.88 Å². The van der Waals surface area contributed by atoms with Gasteiger partial charge in [-0.2, -0.15) is 9.97 Å². The Morgan fingerprint density at radius 1 is 1.38 bits per heavy atom. The number of nitrogens with zero attached hydrogens (tertiary/aromatic N) is 4. The zero-order valence-corrected chi connectivity index (χ0v) is 9.85. The summed E-state index contributed by atoms with van der Waals surface area (Å²) in [6.07, 6.45) is 1.76. The first kappa shape index (κ1) is 10.7. The summed E-state index contributed by atoms with van der Waals surface area (Å²) in [7, 11) is 3.35. The molecule has 0 amide bonds. The van der Waals surface area contributed by atoms with Gasteiger partial charge in [-0.25, -0.2) is 4.98 Å². The molecule has 6 heteroatoms. The predicted octanol–water partition coefficient (Wildman–Crippen LogP) is 1.46. The van der Waals surface area contributed by atoms with E-state index in [1.807, 2.05) is 4.57 Å². The molecule has 2 aromatic heterocycles. The van der Waals surface area contributed by atoms with Crippen LogP contribution >= 0.6 is 0 Å². The highest BCUT2D eigenvalue weighted by Crippen LogP contribution is 2.24. The summed E-state index contributed by atoms with van der Waals surface area (Å²) in [5.41, 5.74) is 1.47. The molecule has 0 saturated heterocycles. The van der Waals surface area contributed by atoms with Gasteiger partial charge in [0, 0.05) is 13.1 Å². The van der Waals surface area contributed by atoms with Crippen LogP contribution in [0, 0.1) is 0 Å². The van der Waals surface area contributed by atoms with E-state index in [4.69, 9.17) is 4.74 Å². The maximum absolute atomic E-state index is 5.20. The molecule has 0 saturated carbocycles. The van der Waals surface area contributed by atoms with E-state index in [0.717, 1.165) is 5.65 Å². The summed E-state index contributed by atoms with van der Waals surface area (Å²) in [6, 6.07) is 0.300. The van der Waals surface area contributed by atoms with Gasteiger partial charge in [-0.1, -0.05) is 0 Å². The minimum absolute atomic E-state index is 0.300. The van der Waals surface area contributed by atoms with Crippen LogP contribution in [0.15, 0.2) is 6.33 Å². The number of methoxy groups -OCH3 is 1. The van der Waals surface area contributed by atoms with E-state index in [2.05, 4.69) is 34.1 Å². The molecule has 0 aliphatic carbocycles. The van der Waals surface area contributed by atoms with Crippen molar-refractivity contribution in [1.29, 1.82) is 0 Å². The second kappa shape index (κ2) is 3.96. The lowest BCUT2D eigenvalue weighted by molar-refractivity contribution is 0.402. The first-order chi connectivity index (χ1) is 7.67. The van der Waals surface area contributed by atoms with Gasteiger partial charge in [0.05, 0.1) is 13.4 Å². The van der Waals surface area contributed by atoms with Crippen molar-refractivity contribution in [3.63, 3.8) is 0 Å². The van der Waals surface area contributed by atoms with Crippen molar-refractivity contribution < 1.29 is 4.74 Å². The van der Waals surface area contributed by atoms with Crippen LogP contribution in [0.25, 0.3) is 11.2 Å². The van der Waals surface area contributed by atoms with Crippen LogP contribution in [0.2, 0.25) is 0 Å². The normalized spacial score (nSPS) is 11.1. The lowest BCUT2D eigenvalue weighted by atomic mass is 10.4. The van der Waals surface area contributed by atoms with Crippen molar-refractivity contribution in [1.82, 2.24) is 19.5 Å². The van der Waals surface area contributed by atoms with Crippen LogP contribution in [0.4, 0.5) is 5.95 Å². The highest BCUT2D eigenvalue weighted by atomic mass is 16.5. The number of aromatic nitrogens is 4. The predicted molar refractivity (Wildman–Crippen MR) is 61.8 cm³/mol. The van der Waals surface area contributed by atoms with Crippen molar-refractivity contribution in [3.05, 3.63) is 6.33 Å². The van der Waals surface area contributed by atoms with Gasteiger partial charge in [-0.05, 0) is 13.8 Å². The van der Waals surface area contributed by atoms with Crippen LogP contribution in [0.1, 0.15) is 19.9 Å². The SMILES string of the molecule is CNc1nc(OC)c2ncn(C(C)C)c2n1. The van der Waals surface area contributed by atoms with E-state index in [9.17, 15) is 0 Å². The molecule has 86 valence electrons. The van der Waals surface area contributed by atoms with Gasteiger partial charge < -0.3 is 14.6 Å². The standard InChI is InChI=1S/C10H15N5O/c1-6(2)15-5-12-7-8(15)13-10(11-3)14-9(7)16-4/h5-6H,1-4H3,(H,11,13,14). The molecule has 6 nitrogen and oxygen atoms in total. The Morgan fingerprint density at radius 2 is 2.12 bits per heavy atom. The third-order valence-electron chi connectivity index (χ3n) is 2.36. The van der Waals surface area contributed by atoms with Gasteiger partial charge >= 0.3 is 0 Å². The maximum Gasteiger partial charge on any atom is 0.246 e. The van der Waals surface area contributed by atoms with Gasteiger partial charge in [0.15, 0.2) is 11.2 Å². The third-order valence-corrected chi connectivity index (χ3v) is 2.36. The molecule has 0 fully saturated rings. The lowest BCUT2D eigenvalue weighted by Gasteiger charge is -2.08. The molecule has 2 aromatic rings. The van der Waals surface area contributed by atoms with Crippen LogP contribution in [-0.4, -0.2) is 33.7 Å². The van der Waals surface area contributed by atoms with E-state index in [0.29, 0.717) is 23.4 Å². The molecular weight excluding hydrogens is 206 g/mol. The molecule has 0 radical (unpaired) electrons. The van der Waals surface area contributed by atoms with Crippen LogP contribution in [0.3, 0.4) is 0 Å². The van der Waals surface area contributed by atoms with Crippen LogP contribution < -0.4 is 10.1 Å². The molecule has 0 aliphatic heterocycles. The summed E-state index contributed by atoms with van der Waals surface area (Å²) < 4.78 is 7.18. The third kappa shape index (κ3) is 1.56. The fourth-order valence-corrected chi connectivity index (χ4v) is 1.52. The molecule has 0 spiro atoms. The summed E-state index contributed by atoms with van der Waals surface area (Å²) in [6.45, 7) is 4.16. The maximum atomic E-state index is 5.20. The zero-order chi connectivity index (χ0) is 11.7. The molecule has 16 heavy (non-hydrogen) atoms. The van der Waals surface area contributed by atoms with Crippen molar-refractivity contribution in [2.24, 2.45) is 0 Å². The summed E-state index contributed by atoms with van der Waals surface area (Å²) in [5, 5.41) is 2.91. The average molecular weight is 221 g/mol.